The summed E-state index contributed by atoms with van der Waals surface area (Å²) in [7, 11) is 2.99. The highest BCUT2D eigenvalue weighted by atomic mass is 35.5. The Morgan fingerprint density at radius 2 is 1.91 bits per heavy atom. The highest BCUT2D eigenvalue weighted by Gasteiger charge is 2.16. The van der Waals surface area contributed by atoms with Crippen LogP contribution in [0.5, 0.6) is 17.2 Å². The van der Waals surface area contributed by atoms with Crippen molar-refractivity contribution in [2.75, 3.05) is 25.3 Å². The lowest BCUT2D eigenvalue weighted by Gasteiger charge is -2.13. The van der Waals surface area contributed by atoms with Crippen molar-refractivity contribution in [3.05, 3.63) is 64.4 Å². The normalized spacial score (nSPS) is 10.6. The van der Waals surface area contributed by atoms with E-state index in [2.05, 4.69) is 22.1 Å². The van der Waals surface area contributed by atoms with Gasteiger partial charge in [0, 0.05) is 23.7 Å². The predicted octanol–water partition coefficient (Wildman–Crippen LogP) is 5.41. The van der Waals surface area contributed by atoms with Gasteiger partial charge in [-0.1, -0.05) is 41.0 Å². The van der Waals surface area contributed by atoms with E-state index in [1.165, 1.54) is 26.0 Å². The number of halogens is 2. The third-order valence-electron chi connectivity index (χ3n) is 4.68. The molecule has 3 rings (SSSR count). The summed E-state index contributed by atoms with van der Waals surface area (Å²) in [5.74, 6) is 1.99. The first-order valence-corrected chi connectivity index (χ1v) is 11.9. The third kappa shape index (κ3) is 6.37. The fraction of sp³-hybridized carbons (Fsp3) is 0.261. The van der Waals surface area contributed by atoms with Crippen LogP contribution in [0.15, 0.2) is 48.1 Å². The van der Waals surface area contributed by atoms with Crippen molar-refractivity contribution in [1.29, 1.82) is 0 Å². The molecule has 1 heterocycles. The lowest BCUT2D eigenvalue weighted by molar-refractivity contribution is -0.113. The molecule has 2 aromatic carbocycles. The van der Waals surface area contributed by atoms with Crippen molar-refractivity contribution in [3.63, 3.8) is 0 Å². The van der Waals surface area contributed by atoms with Crippen LogP contribution in [0.2, 0.25) is 10.0 Å². The number of hydrogen-bond acceptors (Lipinski definition) is 7. The fourth-order valence-electron chi connectivity index (χ4n) is 2.97. The molecule has 0 saturated carbocycles. The quantitative estimate of drug-likeness (QED) is 0.266. The Balaban J connectivity index is 1.66. The van der Waals surface area contributed by atoms with Crippen LogP contribution >= 0.6 is 35.0 Å². The number of benzene rings is 2. The second-order valence-electron chi connectivity index (χ2n) is 7.02. The van der Waals surface area contributed by atoms with Crippen molar-refractivity contribution in [2.24, 2.45) is 0 Å². The predicted molar refractivity (Wildman–Crippen MR) is 135 cm³/mol. The van der Waals surface area contributed by atoms with Gasteiger partial charge >= 0.3 is 0 Å². The number of nitrogens with one attached hydrogen (secondary N) is 1. The molecule has 0 aliphatic carbocycles. The van der Waals surface area contributed by atoms with Crippen LogP contribution in [0.1, 0.15) is 11.4 Å². The number of carbonyl (C=O) groups excluding carboxylic acids is 1. The van der Waals surface area contributed by atoms with Gasteiger partial charge in [-0.2, -0.15) is 0 Å². The van der Waals surface area contributed by atoms with E-state index < -0.39 is 0 Å². The van der Waals surface area contributed by atoms with Gasteiger partial charge in [-0.25, -0.2) is 0 Å². The second kappa shape index (κ2) is 12.0. The number of hydrogen-bond donors (Lipinski definition) is 1. The minimum atomic E-state index is -0.254. The Kier molecular flexibility index (Phi) is 9.09. The number of thioether (sulfide) groups is 1. The molecular weight excluding hydrogens is 499 g/mol. The summed E-state index contributed by atoms with van der Waals surface area (Å²) in [5, 5.41) is 12.9. The smallest absolute Gasteiger partial charge is 0.234 e. The number of nitrogens with zero attached hydrogens (tertiary/aromatic N) is 3. The number of methoxy groups -OCH3 is 2. The van der Waals surface area contributed by atoms with Crippen molar-refractivity contribution in [3.8, 4) is 17.2 Å². The maximum Gasteiger partial charge on any atom is 0.234 e. The molecule has 0 radical (unpaired) electrons. The van der Waals surface area contributed by atoms with E-state index in [0.717, 1.165) is 5.56 Å². The summed E-state index contributed by atoms with van der Waals surface area (Å²) in [6.07, 6.45) is 1.73. The maximum atomic E-state index is 12.6. The summed E-state index contributed by atoms with van der Waals surface area (Å²) < 4.78 is 18.2. The number of aryl methyl sites for hydroxylation is 1. The van der Waals surface area contributed by atoms with Crippen molar-refractivity contribution >= 4 is 46.6 Å². The Bertz CT molecular complexity index is 1190. The van der Waals surface area contributed by atoms with Gasteiger partial charge in [0.1, 0.15) is 23.9 Å². The highest BCUT2D eigenvalue weighted by Crippen LogP contribution is 2.36. The number of anilines is 1. The van der Waals surface area contributed by atoms with E-state index in [1.54, 1.807) is 30.3 Å². The maximum absolute atomic E-state index is 12.6. The molecule has 1 N–H and O–H groups in total. The zero-order chi connectivity index (χ0) is 24.7. The average molecular weight is 523 g/mol. The van der Waals surface area contributed by atoms with Crippen LogP contribution < -0.4 is 19.5 Å². The van der Waals surface area contributed by atoms with E-state index in [4.69, 9.17) is 37.4 Å². The third-order valence-corrected chi connectivity index (χ3v) is 6.37. The van der Waals surface area contributed by atoms with E-state index >= 15 is 0 Å². The van der Waals surface area contributed by atoms with Gasteiger partial charge < -0.3 is 19.5 Å². The van der Waals surface area contributed by atoms with Crippen molar-refractivity contribution in [1.82, 2.24) is 14.8 Å². The molecule has 8 nitrogen and oxygen atoms in total. The van der Waals surface area contributed by atoms with Crippen LogP contribution in [0.4, 0.5) is 5.69 Å². The standard InChI is InChI=1S/C23H24Cl2N4O4S/c1-5-8-29-21(12-33-15-6-7-16(24)14(2)9-15)27-28-23(29)34-13-22(30)26-18-11-19(31-3)17(25)10-20(18)32-4/h5-7,9-11H,1,8,12-13H2,2-4H3,(H,26,30). The van der Waals surface area contributed by atoms with Crippen LogP contribution in [0.25, 0.3) is 0 Å². The summed E-state index contributed by atoms with van der Waals surface area (Å²) in [5.41, 5.74) is 1.37. The summed E-state index contributed by atoms with van der Waals surface area (Å²) in [6.45, 7) is 6.38. The lowest BCUT2D eigenvalue weighted by atomic mass is 10.2. The van der Waals surface area contributed by atoms with Gasteiger partial charge in [0.25, 0.3) is 0 Å². The van der Waals surface area contributed by atoms with Gasteiger partial charge in [-0.05, 0) is 30.7 Å². The van der Waals surface area contributed by atoms with Gasteiger partial charge in [0.15, 0.2) is 11.0 Å². The van der Waals surface area contributed by atoms with E-state index in [1.807, 2.05) is 17.6 Å². The first kappa shape index (κ1) is 25.7. The second-order valence-corrected chi connectivity index (χ2v) is 8.78. The van der Waals surface area contributed by atoms with Crippen LogP contribution in [-0.2, 0) is 17.9 Å². The molecule has 1 aromatic heterocycles. The molecule has 0 bridgehead atoms. The number of rotatable bonds is 11. The topological polar surface area (TPSA) is 87.5 Å². The minimum Gasteiger partial charge on any atom is -0.495 e. The number of aromatic nitrogens is 3. The zero-order valence-corrected chi connectivity index (χ0v) is 21.3. The van der Waals surface area contributed by atoms with E-state index in [9.17, 15) is 4.79 Å². The molecule has 0 atom stereocenters. The Morgan fingerprint density at radius 3 is 2.59 bits per heavy atom. The van der Waals surface area contributed by atoms with Gasteiger partial charge in [0.05, 0.1) is 30.7 Å². The lowest BCUT2D eigenvalue weighted by Crippen LogP contribution is -2.15. The zero-order valence-electron chi connectivity index (χ0n) is 18.9. The summed E-state index contributed by atoms with van der Waals surface area (Å²) >= 11 is 13.4. The number of allylic oxidation sites excluding steroid dienone is 1. The Morgan fingerprint density at radius 1 is 1.15 bits per heavy atom. The summed E-state index contributed by atoms with van der Waals surface area (Å²) in [4.78, 5) is 12.6. The fourth-order valence-corrected chi connectivity index (χ4v) is 4.09. The molecular formula is C23H24Cl2N4O4S. The van der Waals surface area contributed by atoms with Gasteiger partial charge in [0.2, 0.25) is 5.91 Å². The average Bonchev–Trinajstić information content (AvgIpc) is 3.21. The first-order valence-electron chi connectivity index (χ1n) is 10.1. The number of carbonyl (C=O) groups is 1. The van der Waals surface area contributed by atoms with Crippen LogP contribution in [-0.4, -0.2) is 40.6 Å². The van der Waals surface area contributed by atoms with E-state index in [0.29, 0.717) is 50.5 Å². The molecule has 3 aromatic rings. The Labute approximate surface area is 212 Å². The minimum absolute atomic E-state index is 0.0978. The van der Waals surface area contributed by atoms with Crippen LogP contribution in [0, 0.1) is 6.92 Å². The van der Waals surface area contributed by atoms with Gasteiger partial charge in [-0.15, -0.1) is 16.8 Å². The molecule has 0 aliphatic heterocycles. The largest absolute Gasteiger partial charge is 0.495 e. The Hall–Kier alpha value is -2.88. The molecule has 0 saturated heterocycles. The first-order chi connectivity index (χ1) is 16.4. The molecule has 1 amide bonds. The molecule has 0 aliphatic rings. The van der Waals surface area contributed by atoms with E-state index in [-0.39, 0.29) is 18.3 Å². The number of amides is 1. The molecule has 0 spiro atoms. The van der Waals surface area contributed by atoms with Gasteiger partial charge in [-0.3, -0.25) is 9.36 Å². The number of ether oxygens (including phenoxy) is 3. The SMILES string of the molecule is C=CCn1c(COc2ccc(Cl)c(C)c2)nnc1SCC(=O)Nc1cc(OC)c(Cl)cc1OC. The molecule has 11 heteroatoms. The molecule has 0 fully saturated rings. The van der Waals surface area contributed by atoms with Crippen molar-refractivity contribution < 1.29 is 19.0 Å². The monoisotopic (exact) mass is 522 g/mol. The van der Waals surface area contributed by atoms with Crippen molar-refractivity contribution in [2.45, 2.75) is 25.2 Å². The van der Waals surface area contributed by atoms with Crippen LogP contribution in [0.3, 0.4) is 0 Å². The summed E-state index contributed by atoms with van der Waals surface area (Å²) in [6, 6.07) is 8.63. The molecule has 0 unspecified atom stereocenters. The molecule has 180 valence electrons. The highest BCUT2D eigenvalue weighted by molar-refractivity contribution is 7.99. The molecule has 34 heavy (non-hydrogen) atoms.